The van der Waals surface area contributed by atoms with Crippen LogP contribution in [0.3, 0.4) is 0 Å². The van der Waals surface area contributed by atoms with Crippen LogP contribution in [0.5, 0.6) is 0 Å². The summed E-state index contributed by atoms with van der Waals surface area (Å²) in [5.41, 5.74) is 0. The smallest absolute Gasteiger partial charge is 0.308 e. The molecule has 2 fully saturated rings. The number of hydrogen-bond acceptors (Lipinski definition) is 4. The molecule has 0 aromatic carbocycles. The van der Waals surface area contributed by atoms with Crippen LogP contribution in [0.1, 0.15) is 33.1 Å². The highest BCUT2D eigenvalue weighted by Gasteiger charge is 2.49. The monoisotopic (exact) mass is 257 g/mol. The molecule has 4 unspecified atom stereocenters. The van der Waals surface area contributed by atoms with Crippen molar-refractivity contribution in [3.05, 3.63) is 0 Å². The second-order valence-electron chi connectivity index (χ2n) is 5.71. The van der Waals surface area contributed by atoms with Gasteiger partial charge in [-0.3, -0.25) is 9.69 Å². The highest BCUT2D eigenvalue weighted by molar-refractivity contribution is 5.71. The van der Waals surface area contributed by atoms with Gasteiger partial charge >= 0.3 is 5.97 Å². The quantitative estimate of drug-likeness (QED) is 0.733. The molecule has 104 valence electrons. The number of aliphatic carboxylic acids is 1. The Morgan fingerprint density at radius 2 is 2.17 bits per heavy atom. The summed E-state index contributed by atoms with van der Waals surface area (Å²) in [6, 6.07) is 0.450. The Kier molecular flexibility index (Phi) is 4.25. The molecule has 5 heteroatoms. The van der Waals surface area contributed by atoms with Gasteiger partial charge in [0.1, 0.15) is 0 Å². The molecule has 0 saturated carbocycles. The zero-order chi connectivity index (χ0) is 13.3. The van der Waals surface area contributed by atoms with Gasteiger partial charge in [-0.1, -0.05) is 0 Å². The number of carboxylic acid groups (broad SMARTS) is 1. The van der Waals surface area contributed by atoms with E-state index in [1.807, 2.05) is 13.8 Å². The Morgan fingerprint density at radius 1 is 1.44 bits per heavy atom. The van der Waals surface area contributed by atoms with E-state index in [-0.39, 0.29) is 18.1 Å². The predicted octanol–water partition coefficient (Wildman–Crippen LogP) is 0.710. The maximum atomic E-state index is 11.1. The summed E-state index contributed by atoms with van der Waals surface area (Å²) in [7, 11) is 0. The maximum absolute atomic E-state index is 11.1. The number of aliphatic hydroxyl groups is 1. The fourth-order valence-corrected chi connectivity index (χ4v) is 3.25. The van der Waals surface area contributed by atoms with Crippen molar-refractivity contribution in [1.82, 2.24) is 4.90 Å². The van der Waals surface area contributed by atoms with Crippen LogP contribution in [0, 0.1) is 5.92 Å². The molecule has 5 nitrogen and oxygen atoms in total. The maximum Gasteiger partial charge on any atom is 0.308 e. The van der Waals surface area contributed by atoms with Gasteiger partial charge in [0.25, 0.3) is 0 Å². The van der Waals surface area contributed by atoms with Gasteiger partial charge in [-0.25, -0.2) is 0 Å². The van der Waals surface area contributed by atoms with Gasteiger partial charge in [0.2, 0.25) is 0 Å². The zero-order valence-corrected chi connectivity index (χ0v) is 11.1. The van der Waals surface area contributed by atoms with Crippen molar-refractivity contribution < 1.29 is 19.7 Å². The van der Waals surface area contributed by atoms with Crippen LogP contribution in [0.15, 0.2) is 0 Å². The first-order chi connectivity index (χ1) is 8.49. The molecule has 2 rings (SSSR count). The number of aliphatic hydroxyl groups excluding tert-OH is 1. The van der Waals surface area contributed by atoms with E-state index in [1.165, 1.54) is 0 Å². The van der Waals surface area contributed by atoms with Gasteiger partial charge in [0.15, 0.2) is 0 Å². The van der Waals surface area contributed by atoms with Crippen molar-refractivity contribution in [2.75, 3.05) is 13.2 Å². The van der Waals surface area contributed by atoms with E-state index in [0.717, 1.165) is 19.3 Å². The van der Waals surface area contributed by atoms with E-state index in [9.17, 15) is 9.90 Å². The van der Waals surface area contributed by atoms with Crippen LogP contribution in [0.25, 0.3) is 0 Å². The summed E-state index contributed by atoms with van der Waals surface area (Å²) in [5, 5.41) is 19.1. The van der Waals surface area contributed by atoms with Crippen LogP contribution < -0.4 is 0 Å². The van der Waals surface area contributed by atoms with Crippen LogP contribution in [0.2, 0.25) is 0 Å². The summed E-state index contributed by atoms with van der Waals surface area (Å²) < 4.78 is 5.39. The van der Waals surface area contributed by atoms with Crippen molar-refractivity contribution in [2.24, 2.45) is 5.92 Å². The van der Waals surface area contributed by atoms with E-state index < -0.39 is 12.1 Å². The minimum Gasteiger partial charge on any atom is -0.481 e. The fourth-order valence-electron chi connectivity index (χ4n) is 3.25. The normalized spacial score (nSPS) is 33.2. The lowest BCUT2D eigenvalue weighted by Crippen LogP contribution is -2.40. The molecule has 2 bridgehead atoms. The van der Waals surface area contributed by atoms with Crippen molar-refractivity contribution in [1.29, 1.82) is 0 Å². The number of rotatable bonds is 6. The number of ether oxygens (including phenoxy) is 1. The molecular weight excluding hydrogens is 234 g/mol. The number of carboxylic acids is 1. The third kappa shape index (κ3) is 2.84. The molecule has 18 heavy (non-hydrogen) atoms. The van der Waals surface area contributed by atoms with Crippen LogP contribution >= 0.6 is 0 Å². The summed E-state index contributed by atoms with van der Waals surface area (Å²) in [6.45, 7) is 4.73. The van der Waals surface area contributed by atoms with E-state index in [0.29, 0.717) is 19.2 Å². The van der Waals surface area contributed by atoms with Crippen LogP contribution in [-0.4, -0.2) is 58.5 Å². The largest absolute Gasteiger partial charge is 0.481 e. The summed E-state index contributed by atoms with van der Waals surface area (Å²) in [5.74, 6) is -0.943. The van der Waals surface area contributed by atoms with E-state index in [1.54, 1.807) is 0 Å². The number of nitrogens with zero attached hydrogens (tertiary/aromatic N) is 1. The first-order valence-corrected chi connectivity index (χ1v) is 6.77. The first kappa shape index (κ1) is 13.8. The van der Waals surface area contributed by atoms with E-state index in [4.69, 9.17) is 9.84 Å². The Morgan fingerprint density at radius 3 is 2.72 bits per heavy atom. The molecule has 2 heterocycles. The second kappa shape index (κ2) is 5.55. The summed E-state index contributed by atoms with van der Waals surface area (Å²) >= 11 is 0. The lowest BCUT2D eigenvalue weighted by atomic mass is 9.89. The zero-order valence-electron chi connectivity index (χ0n) is 11.1. The Hall–Kier alpha value is -0.650. The molecule has 0 amide bonds. The molecule has 2 aliphatic rings. The SMILES string of the molecule is CC(C)OCC(O)CN1C2CCC1C(C(=O)O)C2. The molecule has 0 aromatic heterocycles. The molecule has 2 N–H and O–H groups in total. The minimum absolute atomic E-state index is 0.112. The number of fused-ring (bicyclic) bond motifs is 2. The highest BCUT2D eigenvalue weighted by Crippen LogP contribution is 2.41. The molecule has 0 aliphatic carbocycles. The molecule has 2 aliphatic heterocycles. The van der Waals surface area contributed by atoms with Gasteiger partial charge < -0.3 is 14.9 Å². The third-order valence-electron chi connectivity index (χ3n) is 4.04. The molecule has 0 radical (unpaired) electrons. The van der Waals surface area contributed by atoms with Crippen molar-refractivity contribution in [3.8, 4) is 0 Å². The first-order valence-electron chi connectivity index (χ1n) is 6.77. The minimum atomic E-state index is -0.694. The average molecular weight is 257 g/mol. The Bertz CT molecular complexity index is 307. The standard InChI is InChI=1S/C13H23NO4/c1-8(2)18-7-10(15)6-14-9-3-4-12(14)11(5-9)13(16)17/h8-12,15H,3-7H2,1-2H3,(H,16,17). The van der Waals surface area contributed by atoms with Gasteiger partial charge in [0, 0.05) is 18.6 Å². The molecular formula is C13H23NO4. The second-order valence-corrected chi connectivity index (χ2v) is 5.71. The molecule has 0 spiro atoms. The van der Waals surface area contributed by atoms with Crippen molar-refractivity contribution >= 4 is 5.97 Å². The van der Waals surface area contributed by atoms with E-state index >= 15 is 0 Å². The molecule has 4 atom stereocenters. The molecule has 0 aromatic rings. The van der Waals surface area contributed by atoms with Gasteiger partial charge in [-0.05, 0) is 33.1 Å². The molecule has 2 saturated heterocycles. The van der Waals surface area contributed by atoms with Gasteiger partial charge in [0.05, 0.1) is 24.7 Å². The summed E-state index contributed by atoms with van der Waals surface area (Å²) in [6.07, 6.45) is 2.33. The van der Waals surface area contributed by atoms with E-state index in [2.05, 4.69) is 4.90 Å². The lowest BCUT2D eigenvalue weighted by molar-refractivity contribution is -0.142. The third-order valence-corrected chi connectivity index (χ3v) is 4.04. The van der Waals surface area contributed by atoms with Crippen LogP contribution in [0.4, 0.5) is 0 Å². The lowest BCUT2D eigenvalue weighted by Gasteiger charge is -2.25. The Balaban J connectivity index is 1.85. The predicted molar refractivity (Wildman–Crippen MR) is 66.4 cm³/mol. The van der Waals surface area contributed by atoms with Crippen LogP contribution in [-0.2, 0) is 9.53 Å². The van der Waals surface area contributed by atoms with Gasteiger partial charge in [-0.15, -0.1) is 0 Å². The number of carbonyl (C=O) groups is 1. The van der Waals surface area contributed by atoms with Crippen molar-refractivity contribution in [3.63, 3.8) is 0 Å². The van der Waals surface area contributed by atoms with Crippen molar-refractivity contribution in [2.45, 2.75) is 57.4 Å². The highest BCUT2D eigenvalue weighted by atomic mass is 16.5. The Labute approximate surface area is 108 Å². The fraction of sp³-hybridized carbons (Fsp3) is 0.923. The van der Waals surface area contributed by atoms with Gasteiger partial charge in [-0.2, -0.15) is 0 Å². The average Bonchev–Trinajstić information content (AvgIpc) is 2.84. The summed E-state index contributed by atoms with van der Waals surface area (Å²) in [4.78, 5) is 13.3. The number of hydrogen-bond donors (Lipinski definition) is 2. The topological polar surface area (TPSA) is 70.0 Å².